The molecule has 0 radical (unpaired) electrons. The second-order valence-electron chi connectivity index (χ2n) is 5.78. The van der Waals surface area contributed by atoms with Gasteiger partial charge in [0, 0.05) is 25.1 Å². The Labute approximate surface area is 122 Å². The molecule has 2 bridgehead atoms. The first-order valence-electron chi connectivity index (χ1n) is 7.04. The number of thiazole rings is 1. The summed E-state index contributed by atoms with van der Waals surface area (Å²) in [6, 6.07) is 1.28. The summed E-state index contributed by atoms with van der Waals surface area (Å²) in [4.78, 5) is 18.7. The lowest BCUT2D eigenvalue weighted by Gasteiger charge is -2.35. The van der Waals surface area contributed by atoms with E-state index in [9.17, 15) is 9.90 Å². The van der Waals surface area contributed by atoms with Crippen LogP contribution < -0.4 is 0 Å². The van der Waals surface area contributed by atoms with Gasteiger partial charge in [0.25, 0.3) is 0 Å². The molecule has 5 nitrogen and oxygen atoms in total. The second kappa shape index (κ2) is 5.42. The molecule has 2 aliphatic heterocycles. The molecule has 0 aromatic carbocycles. The zero-order valence-electron chi connectivity index (χ0n) is 11.8. The first-order chi connectivity index (χ1) is 9.60. The minimum Gasteiger partial charge on any atom is -0.477 e. The van der Waals surface area contributed by atoms with Crippen LogP contribution in [-0.4, -0.2) is 47.2 Å². The predicted octanol–water partition coefficient (Wildman–Crippen LogP) is 2.33. The van der Waals surface area contributed by atoms with E-state index in [0.29, 0.717) is 28.6 Å². The van der Waals surface area contributed by atoms with Gasteiger partial charge in [-0.3, -0.25) is 0 Å². The molecule has 1 aromatic heterocycles. The maximum absolute atomic E-state index is 11.3. The summed E-state index contributed by atoms with van der Waals surface area (Å²) >= 11 is 1.34. The van der Waals surface area contributed by atoms with Crippen LogP contribution in [0.15, 0.2) is 0 Å². The van der Waals surface area contributed by atoms with Crippen LogP contribution in [-0.2, 0) is 11.3 Å². The fourth-order valence-electron chi connectivity index (χ4n) is 3.56. The van der Waals surface area contributed by atoms with Gasteiger partial charge >= 0.3 is 5.97 Å². The van der Waals surface area contributed by atoms with Crippen molar-refractivity contribution in [3.8, 4) is 0 Å². The van der Waals surface area contributed by atoms with Crippen molar-refractivity contribution in [1.29, 1.82) is 0 Å². The van der Waals surface area contributed by atoms with E-state index in [1.807, 2.05) is 0 Å². The molecule has 2 aliphatic rings. The number of nitrogens with zero attached hydrogens (tertiary/aromatic N) is 2. The van der Waals surface area contributed by atoms with Crippen molar-refractivity contribution in [2.24, 2.45) is 0 Å². The van der Waals surface area contributed by atoms with Crippen molar-refractivity contribution >= 4 is 17.3 Å². The van der Waals surface area contributed by atoms with Crippen LogP contribution in [0.5, 0.6) is 0 Å². The number of methoxy groups -OCH3 is 1. The topological polar surface area (TPSA) is 62.7 Å². The Morgan fingerprint density at radius 2 is 2.10 bits per heavy atom. The number of hydrogen-bond donors (Lipinski definition) is 1. The molecule has 2 fully saturated rings. The van der Waals surface area contributed by atoms with Crippen LogP contribution in [0.3, 0.4) is 0 Å². The van der Waals surface area contributed by atoms with Crippen molar-refractivity contribution in [3.05, 3.63) is 15.6 Å². The van der Waals surface area contributed by atoms with Gasteiger partial charge in [-0.2, -0.15) is 0 Å². The molecule has 0 amide bonds. The van der Waals surface area contributed by atoms with Crippen LogP contribution in [0.25, 0.3) is 0 Å². The minimum atomic E-state index is -0.892. The summed E-state index contributed by atoms with van der Waals surface area (Å²) < 4.78 is 5.06. The highest BCUT2D eigenvalue weighted by molar-refractivity contribution is 7.13. The number of fused-ring (bicyclic) bond motifs is 2. The summed E-state index contributed by atoms with van der Waals surface area (Å²) in [6.07, 6.45) is 4.73. The third-order valence-electron chi connectivity index (χ3n) is 4.64. The van der Waals surface area contributed by atoms with Gasteiger partial charge in [-0.25, -0.2) is 9.78 Å². The third kappa shape index (κ3) is 2.36. The number of ether oxygens (including phenoxy) is 1. The molecular weight excluding hydrogens is 276 g/mol. The molecule has 0 spiro atoms. The van der Waals surface area contributed by atoms with Crippen LogP contribution in [0.1, 0.15) is 52.0 Å². The Bertz CT molecular complexity index is 503. The lowest BCUT2D eigenvalue weighted by molar-refractivity contribution is 0.0697. The van der Waals surface area contributed by atoms with Gasteiger partial charge in [0.05, 0.1) is 17.3 Å². The molecule has 0 saturated carbocycles. The maximum atomic E-state index is 11.3. The SMILES string of the molecule is COCc1nc(C2CC3CCC(C2)N3C)sc1C(=O)O. The van der Waals surface area contributed by atoms with E-state index >= 15 is 0 Å². The summed E-state index contributed by atoms with van der Waals surface area (Å²) in [7, 11) is 3.78. The Balaban J connectivity index is 1.84. The Morgan fingerprint density at radius 1 is 1.45 bits per heavy atom. The maximum Gasteiger partial charge on any atom is 0.347 e. The van der Waals surface area contributed by atoms with Crippen LogP contribution in [0.4, 0.5) is 0 Å². The van der Waals surface area contributed by atoms with Crippen molar-refractivity contribution in [1.82, 2.24) is 9.88 Å². The molecule has 3 heterocycles. The van der Waals surface area contributed by atoms with Crippen molar-refractivity contribution in [2.45, 2.75) is 50.3 Å². The highest BCUT2D eigenvalue weighted by Crippen LogP contribution is 2.43. The van der Waals surface area contributed by atoms with Gasteiger partial charge < -0.3 is 14.7 Å². The van der Waals surface area contributed by atoms with Gasteiger partial charge in [-0.15, -0.1) is 11.3 Å². The lowest BCUT2D eigenvalue weighted by atomic mass is 9.92. The van der Waals surface area contributed by atoms with Gasteiger partial charge in [-0.1, -0.05) is 0 Å². The van der Waals surface area contributed by atoms with E-state index in [0.717, 1.165) is 17.8 Å². The number of carboxylic acids is 1. The number of aromatic nitrogens is 1. The molecule has 110 valence electrons. The molecule has 20 heavy (non-hydrogen) atoms. The Kier molecular flexibility index (Phi) is 3.79. The van der Waals surface area contributed by atoms with Gasteiger partial charge in [0.15, 0.2) is 0 Å². The fraction of sp³-hybridized carbons (Fsp3) is 0.714. The first kappa shape index (κ1) is 14.0. The van der Waals surface area contributed by atoms with Gasteiger partial charge in [0.2, 0.25) is 0 Å². The van der Waals surface area contributed by atoms with Crippen LogP contribution in [0, 0.1) is 0 Å². The molecular formula is C14H20N2O3S. The number of rotatable bonds is 4. The zero-order valence-corrected chi connectivity index (χ0v) is 12.7. The molecule has 2 saturated heterocycles. The summed E-state index contributed by atoms with van der Waals surface area (Å²) in [6.45, 7) is 0.275. The quantitative estimate of drug-likeness (QED) is 0.924. The predicted molar refractivity (Wildman–Crippen MR) is 76.3 cm³/mol. The molecule has 6 heteroatoms. The average Bonchev–Trinajstić information content (AvgIpc) is 2.89. The molecule has 0 aliphatic carbocycles. The normalized spacial score (nSPS) is 29.8. The van der Waals surface area contributed by atoms with Crippen molar-refractivity contribution in [2.75, 3.05) is 14.2 Å². The summed E-state index contributed by atoms with van der Waals surface area (Å²) in [5.41, 5.74) is 0.575. The molecule has 3 rings (SSSR count). The number of aromatic carboxylic acids is 1. The van der Waals surface area contributed by atoms with E-state index in [1.54, 1.807) is 7.11 Å². The Hall–Kier alpha value is -0.980. The van der Waals surface area contributed by atoms with E-state index in [2.05, 4.69) is 16.9 Å². The number of carbonyl (C=O) groups is 1. The van der Waals surface area contributed by atoms with Gasteiger partial charge in [0.1, 0.15) is 4.88 Å². The molecule has 2 unspecified atom stereocenters. The largest absolute Gasteiger partial charge is 0.477 e. The minimum absolute atomic E-state index is 0.275. The Morgan fingerprint density at radius 3 is 2.65 bits per heavy atom. The van der Waals surface area contributed by atoms with Crippen molar-refractivity contribution < 1.29 is 14.6 Å². The number of hydrogen-bond acceptors (Lipinski definition) is 5. The summed E-state index contributed by atoms with van der Waals surface area (Å²) in [5, 5.41) is 10.3. The standard InChI is InChI=1S/C14H20N2O3S/c1-16-9-3-4-10(16)6-8(5-9)13-15-11(7-19-2)12(20-13)14(17)18/h8-10H,3-7H2,1-2H3,(H,17,18). The monoisotopic (exact) mass is 296 g/mol. The second-order valence-corrected chi connectivity index (χ2v) is 6.82. The molecule has 1 N–H and O–H groups in total. The number of carboxylic acid groups (broad SMARTS) is 1. The van der Waals surface area contributed by atoms with Crippen molar-refractivity contribution in [3.63, 3.8) is 0 Å². The van der Waals surface area contributed by atoms with E-state index < -0.39 is 5.97 Å². The lowest BCUT2D eigenvalue weighted by Crippen LogP contribution is -2.39. The van der Waals surface area contributed by atoms with Crippen LogP contribution in [0.2, 0.25) is 0 Å². The van der Waals surface area contributed by atoms with Gasteiger partial charge in [-0.05, 0) is 32.7 Å². The highest BCUT2D eigenvalue weighted by Gasteiger charge is 2.40. The number of piperidine rings is 1. The van der Waals surface area contributed by atoms with E-state index in [1.165, 1.54) is 24.2 Å². The molecule has 2 atom stereocenters. The zero-order chi connectivity index (χ0) is 14.3. The first-order valence-corrected chi connectivity index (χ1v) is 7.85. The summed E-state index contributed by atoms with van der Waals surface area (Å²) in [5.74, 6) is -0.478. The fourth-order valence-corrected chi connectivity index (χ4v) is 4.59. The average molecular weight is 296 g/mol. The third-order valence-corrected chi connectivity index (χ3v) is 5.88. The molecule has 1 aromatic rings. The van der Waals surface area contributed by atoms with E-state index in [4.69, 9.17) is 4.74 Å². The smallest absolute Gasteiger partial charge is 0.347 e. The van der Waals surface area contributed by atoms with E-state index in [-0.39, 0.29) is 6.61 Å². The van der Waals surface area contributed by atoms with Crippen LogP contribution >= 0.6 is 11.3 Å². The highest BCUT2D eigenvalue weighted by atomic mass is 32.1.